The van der Waals surface area contributed by atoms with Crippen molar-refractivity contribution in [2.75, 3.05) is 0 Å². The highest BCUT2D eigenvalue weighted by molar-refractivity contribution is 5.48. The smallest absolute Gasteiger partial charge is 0.119 e. The van der Waals surface area contributed by atoms with Crippen LogP contribution >= 0.6 is 0 Å². The van der Waals surface area contributed by atoms with Crippen LogP contribution in [0.1, 0.15) is 32.6 Å². The van der Waals surface area contributed by atoms with Crippen molar-refractivity contribution in [2.24, 2.45) is 0 Å². The molecule has 0 radical (unpaired) electrons. The molecule has 0 aromatic heterocycles. The zero-order valence-corrected chi connectivity index (χ0v) is 7.05. The highest BCUT2D eigenvalue weighted by atomic mass is 16.3. The summed E-state index contributed by atoms with van der Waals surface area (Å²) in [5, 5.41) is 9.55. The van der Waals surface area contributed by atoms with Gasteiger partial charge in [-0.15, -0.1) is 6.58 Å². The number of rotatable bonds is 6. The summed E-state index contributed by atoms with van der Waals surface area (Å²) in [5.74, 6) is 0. The standard InChI is InChI=1S/C9H16O2/c1-3-6-9(2,11)7-4-5-8-10/h3,8,11H,1,4-7H2,2H3. The molecule has 0 fully saturated rings. The predicted octanol–water partition coefficient (Wildman–Crippen LogP) is 1.68. The summed E-state index contributed by atoms with van der Waals surface area (Å²) in [5.41, 5.74) is -0.676. The van der Waals surface area contributed by atoms with Crippen LogP contribution in [-0.4, -0.2) is 17.0 Å². The first-order chi connectivity index (χ1) is 5.12. The van der Waals surface area contributed by atoms with Gasteiger partial charge in [-0.2, -0.15) is 0 Å². The molecule has 2 heteroatoms. The molecule has 0 aliphatic heterocycles. The van der Waals surface area contributed by atoms with Gasteiger partial charge in [0.2, 0.25) is 0 Å². The second-order valence-corrected chi connectivity index (χ2v) is 3.05. The van der Waals surface area contributed by atoms with Crippen LogP contribution in [0.15, 0.2) is 12.7 Å². The fourth-order valence-electron chi connectivity index (χ4n) is 0.979. The van der Waals surface area contributed by atoms with Crippen molar-refractivity contribution >= 4 is 6.29 Å². The summed E-state index contributed by atoms with van der Waals surface area (Å²) in [6.45, 7) is 5.31. The molecule has 1 N–H and O–H groups in total. The molecule has 0 aromatic carbocycles. The third kappa shape index (κ3) is 5.80. The first-order valence-corrected chi connectivity index (χ1v) is 3.89. The fraction of sp³-hybridized carbons (Fsp3) is 0.667. The Bertz CT molecular complexity index is 128. The lowest BCUT2D eigenvalue weighted by Crippen LogP contribution is -2.22. The zero-order chi connectivity index (χ0) is 8.74. The lowest BCUT2D eigenvalue weighted by Gasteiger charge is -2.20. The molecule has 11 heavy (non-hydrogen) atoms. The fourth-order valence-corrected chi connectivity index (χ4v) is 0.979. The summed E-state index contributed by atoms with van der Waals surface area (Å²) in [7, 11) is 0. The van der Waals surface area contributed by atoms with Gasteiger partial charge < -0.3 is 9.90 Å². The molecule has 1 unspecified atom stereocenters. The molecule has 0 aromatic rings. The van der Waals surface area contributed by atoms with E-state index < -0.39 is 5.60 Å². The molecule has 0 amide bonds. The van der Waals surface area contributed by atoms with Crippen LogP contribution in [0.3, 0.4) is 0 Å². The molecule has 1 atom stereocenters. The van der Waals surface area contributed by atoms with Crippen LogP contribution in [0.5, 0.6) is 0 Å². The Morgan fingerprint density at radius 1 is 1.64 bits per heavy atom. The van der Waals surface area contributed by atoms with E-state index in [9.17, 15) is 9.90 Å². The van der Waals surface area contributed by atoms with Crippen molar-refractivity contribution in [2.45, 2.75) is 38.2 Å². The van der Waals surface area contributed by atoms with Gasteiger partial charge in [0.1, 0.15) is 6.29 Å². The van der Waals surface area contributed by atoms with Crippen molar-refractivity contribution in [1.82, 2.24) is 0 Å². The van der Waals surface area contributed by atoms with Crippen molar-refractivity contribution in [3.63, 3.8) is 0 Å². The number of aliphatic hydroxyl groups is 1. The van der Waals surface area contributed by atoms with Gasteiger partial charge in [-0.05, 0) is 26.2 Å². The van der Waals surface area contributed by atoms with E-state index in [1.807, 2.05) is 0 Å². The van der Waals surface area contributed by atoms with E-state index in [2.05, 4.69) is 6.58 Å². The van der Waals surface area contributed by atoms with Gasteiger partial charge in [0.25, 0.3) is 0 Å². The molecule has 0 saturated carbocycles. The first-order valence-electron chi connectivity index (χ1n) is 3.89. The second-order valence-electron chi connectivity index (χ2n) is 3.05. The number of hydrogen-bond acceptors (Lipinski definition) is 2. The normalized spacial score (nSPS) is 15.5. The number of aldehydes is 1. The minimum absolute atomic E-state index is 0.535. The van der Waals surface area contributed by atoms with Crippen LogP contribution < -0.4 is 0 Å². The van der Waals surface area contributed by atoms with Crippen LogP contribution in [0, 0.1) is 0 Å². The average molecular weight is 156 g/mol. The van der Waals surface area contributed by atoms with E-state index >= 15 is 0 Å². The van der Waals surface area contributed by atoms with Gasteiger partial charge in [0.15, 0.2) is 0 Å². The van der Waals surface area contributed by atoms with Crippen molar-refractivity contribution in [1.29, 1.82) is 0 Å². The Labute approximate surface area is 67.9 Å². The summed E-state index contributed by atoms with van der Waals surface area (Å²) in [6, 6.07) is 0. The van der Waals surface area contributed by atoms with E-state index in [1.165, 1.54) is 0 Å². The molecule has 64 valence electrons. The topological polar surface area (TPSA) is 37.3 Å². The second kappa shape index (κ2) is 5.08. The number of hydrogen-bond donors (Lipinski definition) is 1. The lowest BCUT2D eigenvalue weighted by molar-refractivity contribution is -0.108. The zero-order valence-electron chi connectivity index (χ0n) is 7.05. The average Bonchev–Trinajstić information content (AvgIpc) is 1.87. The van der Waals surface area contributed by atoms with E-state index in [4.69, 9.17) is 0 Å². The molecular weight excluding hydrogens is 140 g/mol. The Balaban J connectivity index is 3.53. The van der Waals surface area contributed by atoms with Gasteiger partial charge in [-0.1, -0.05) is 6.08 Å². The minimum Gasteiger partial charge on any atom is -0.390 e. The van der Waals surface area contributed by atoms with Gasteiger partial charge in [-0.3, -0.25) is 0 Å². The van der Waals surface area contributed by atoms with Gasteiger partial charge >= 0.3 is 0 Å². The molecule has 0 heterocycles. The number of carbonyl (C=O) groups excluding carboxylic acids is 1. The van der Waals surface area contributed by atoms with Crippen LogP contribution in [0.25, 0.3) is 0 Å². The Morgan fingerprint density at radius 3 is 2.73 bits per heavy atom. The summed E-state index contributed by atoms with van der Waals surface area (Å²) in [4.78, 5) is 9.95. The number of unbranched alkanes of at least 4 members (excludes halogenated alkanes) is 1. The summed E-state index contributed by atoms with van der Waals surface area (Å²) in [6.07, 6.45) is 5.12. The van der Waals surface area contributed by atoms with Crippen molar-refractivity contribution in [3.8, 4) is 0 Å². The van der Waals surface area contributed by atoms with E-state index in [0.717, 1.165) is 12.7 Å². The van der Waals surface area contributed by atoms with E-state index in [-0.39, 0.29) is 0 Å². The molecule has 0 saturated heterocycles. The molecule has 0 aliphatic carbocycles. The predicted molar refractivity (Wildman–Crippen MR) is 45.4 cm³/mol. The maximum Gasteiger partial charge on any atom is 0.119 e. The van der Waals surface area contributed by atoms with Crippen LogP contribution in [-0.2, 0) is 4.79 Å². The first kappa shape index (κ1) is 10.4. The number of carbonyl (C=O) groups is 1. The third-order valence-electron chi connectivity index (χ3n) is 1.62. The Hall–Kier alpha value is -0.630. The Kier molecular flexibility index (Phi) is 4.79. The molecular formula is C9H16O2. The lowest BCUT2D eigenvalue weighted by atomic mass is 9.96. The van der Waals surface area contributed by atoms with E-state index in [0.29, 0.717) is 19.3 Å². The quantitative estimate of drug-likeness (QED) is 0.361. The monoisotopic (exact) mass is 156 g/mol. The summed E-state index contributed by atoms with van der Waals surface area (Å²) >= 11 is 0. The van der Waals surface area contributed by atoms with Crippen LogP contribution in [0.2, 0.25) is 0 Å². The summed E-state index contributed by atoms with van der Waals surface area (Å²) < 4.78 is 0. The molecule has 0 rings (SSSR count). The SMILES string of the molecule is C=CCC(C)(O)CCCC=O. The molecule has 2 nitrogen and oxygen atoms in total. The molecule has 0 aliphatic rings. The highest BCUT2D eigenvalue weighted by Gasteiger charge is 2.16. The highest BCUT2D eigenvalue weighted by Crippen LogP contribution is 2.17. The Morgan fingerprint density at radius 2 is 2.27 bits per heavy atom. The van der Waals surface area contributed by atoms with Crippen molar-refractivity contribution in [3.05, 3.63) is 12.7 Å². The molecule has 0 bridgehead atoms. The molecule has 0 spiro atoms. The minimum atomic E-state index is -0.676. The third-order valence-corrected chi connectivity index (χ3v) is 1.62. The van der Waals surface area contributed by atoms with Crippen molar-refractivity contribution < 1.29 is 9.90 Å². The maximum atomic E-state index is 9.95. The van der Waals surface area contributed by atoms with Gasteiger partial charge in [0, 0.05) is 6.42 Å². The van der Waals surface area contributed by atoms with Crippen LogP contribution in [0.4, 0.5) is 0 Å². The van der Waals surface area contributed by atoms with Gasteiger partial charge in [-0.25, -0.2) is 0 Å². The van der Waals surface area contributed by atoms with E-state index in [1.54, 1.807) is 13.0 Å². The van der Waals surface area contributed by atoms with Gasteiger partial charge in [0.05, 0.1) is 5.60 Å². The maximum absolute atomic E-state index is 9.95. The largest absolute Gasteiger partial charge is 0.390 e.